The summed E-state index contributed by atoms with van der Waals surface area (Å²) >= 11 is 0. The van der Waals surface area contributed by atoms with Gasteiger partial charge in [0.25, 0.3) is 0 Å². The molecule has 1 aromatic carbocycles. The number of benzene rings is 1. The fraction of sp³-hybridized carbons (Fsp3) is 0.278. The minimum absolute atomic E-state index is 0.0985. The number of carbonyl (C=O) groups is 2. The minimum atomic E-state index is -0.286. The highest BCUT2D eigenvalue weighted by molar-refractivity contribution is 6.30. The Labute approximate surface area is 134 Å². The second-order valence-electron chi connectivity index (χ2n) is 5.72. The molecule has 5 nitrogen and oxygen atoms in total. The summed E-state index contributed by atoms with van der Waals surface area (Å²) in [4.78, 5) is 24.0. The second-order valence-corrected chi connectivity index (χ2v) is 5.72. The van der Waals surface area contributed by atoms with Crippen molar-refractivity contribution in [2.24, 2.45) is 5.10 Å². The summed E-state index contributed by atoms with van der Waals surface area (Å²) in [5, 5.41) is 13.9. The summed E-state index contributed by atoms with van der Waals surface area (Å²) in [5.41, 5.74) is 4.60. The molecule has 2 aliphatic rings. The van der Waals surface area contributed by atoms with Gasteiger partial charge in [0, 0.05) is 17.5 Å². The predicted octanol–water partition coefficient (Wildman–Crippen LogP) is 3.14. The van der Waals surface area contributed by atoms with Crippen molar-refractivity contribution >= 4 is 23.7 Å². The molecular weight excluding hydrogens is 292 g/mol. The first-order valence-electron chi connectivity index (χ1n) is 7.74. The van der Waals surface area contributed by atoms with E-state index in [1.54, 1.807) is 24.3 Å². The first kappa shape index (κ1) is 15.2. The number of nitrogens with zero attached hydrogens (tertiary/aromatic N) is 1. The Bertz CT molecular complexity index is 744. The van der Waals surface area contributed by atoms with E-state index in [2.05, 4.69) is 16.6 Å². The molecule has 2 N–H and O–H groups in total. The molecule has 0 atom stereocenters. The lowest BCUT2D eigenvalue weighted by atomic mass is 9.97. The van der Waals surface area contributed by atoms with Gasteiger partial charge in [0.05, 0.1) is 11.8 Å². The van der Waals surface area contributed by atoms with Gasteiger partial charge in [-0.25, -0.2) is 5.43 Å². The molecule has 0 unspecified atom stereocenters. The SMILES string of the molecule is O=C(CC1=CCCCC1)N/N=C/C1=C(O)c2ccccc2C1=O. The minimum Gasteiger partial charge on any atom is -0.506 e. The van der Waals surface area contributed by atoms with Gasteiger partial charge < -0.3 is 5.11 Å². The number of allylic oxidation sites excluding steroid dienone is 2. The molecule has 118 valence electrons. The molecule has 0 aliphatic heterocycles. The number of carbonyl (C=O) groups excluding carboxylic acids is 2. The first-order chi connectivity index (χ1) is 11.2. The lowest BCUT2D eigenvalue weighted by Crippen LogP contribution is -2.18. The number of Topliss-reactive ketones (excluding diaryl/α,β-unsaturated/α-hetero) is 1. The van der Waals surface area contributed by atoms with Crippen LogP contribution in [-0.4, -0.2) is 23.0 Å². The van der Waals surface area contributed by atoms with Gasteiger partial charge in [-0.15, -0.1) is 0 Å². The number of amides is 1. The molecule has 0 saturated heterocycles. The van der Waals surface area contributed by atoms with E-state index in [1.165, 1.54) is 12.6 Å². The van der Waals surface area contributed by atoms with Crippen molar-refractivity contribution in [3.63, 3.8) is 0 Å². The number of ketones is 1. The van der Waals surface area contributed by atoms with Gasteiger partial charge in [0.2, 0.25) is 5.91 Å². The largest absolute Gasteiger partial charge is 0.506 e. The number of fused-ring (bicyclic) bond motifs is 1. The molecule has 0 fully saturated rings. The second kappa shape index (κ2) is 6.60. The fourth-order valence-corrected chi connectivity index (χ4v) is 2.88. The predicted molar refractivity (Wildman–Crippen MR) is 88.1 cm³/mol. The van der Waals surface area contributed by atoms with E-state index >= 15 is 0 Å². The Morgan fingerprint density at radius 3 is 2.74 bits per heavy atom. The van der Waals surface area contributed by atoms with Gasteiger partial charge in [-0.2, -0.15) is 5.10 Å². The normalized spacial score (nSPS) is 17.4. The Morgan fingerprint density at radius 2 is 2.04 bits per heavy atom. The molecule has 0 heterocycles. The fourth-order valence-electron chi connectivity index (χ4n) is 2.88. The number of rotatable bonds is 4. The molecule has 0 bridgehead atoms. The van der Waals surface area contributed by atoms with Crippen molar-refractivity contribution in [2.75, 3.05) is 0 Å². The van der Waals surface area contributed by atoms with Crippen LogP contribution < -0.4 is 5.43 Å². The van der Waals surface area contributed by atoms with Gasteiger partial charge >= 0.3 is 0 Å². The maximum absolute atomic E-state index is 12.2. The first-order valence-corrected chi connectivity index (χ1v) is 7.74. The Balaban J connectivity index is 1.63. The molecular formula is C18H18N2O3. The number of hydrogen-bond acceptors (Lipinski definition) is 4. The van der Waals surface area contributed by atoms with E-state index in [4.69, 9.17) is 0 Å². The van der Waals surface area contributed by atoms with Crippen molar-refractivity contribution < 1.29 is 14.7 Å². The van der Waals surface area contributed by atoms with E-state index in [0.29, 0.717) is 17.5 Å². The zero-order valence-electron chi connectivity index (χ0n) is 12.7. The highest BCUT2D eigenvalue weighted by atomic mass is 16.3. The van der Waals surface area contributed by atoms with Crippen LogP contribution in [0.25, 0.3) is 5.76 Å². The highest BCUT2D eigenvalue weighted by Crippen LogP contribution is 2.29. The van der Waals surface area contributed by atoms with Crippen LogP contribution in [0.2, 0.25) is 0 Å². The van der Waals surface area contributed by atoms with Crippen LogP contribution in [0.3, 0.4) is 0 Å². The van der Waals surface area contributed by atoms with Crippen LogP contribution >= 0.6 is 0 Å². The molecule has 23 heavy (non-hydrogen) atoms. The van der Waals surface area contributed by atoms with Crippen molar-refractivity contribution in [2.45, 2.75) is 32.1 Å². The van der Waals surface area contributed by atoms with E-state index in [0.717, 1.165) is 24.8 Å². The smallest absolute Gasteiger partial charge is 0.244 e. The van der Waals surface area contributed by atoms with Gasteiger partial charge in [0.15, 0.2) is 5.78 Å². The van der Waals surface area contributed by atoms with Crippen molar-refractivity contribution in [3.05, 3.63) is 52.6 Å². The van der Waals surface area contributed by atoms with Gasteiger partial charge in [-0.05, 0) is 25.7 Å². The van der Waals surface area contributed by atoms with Crippen molar-refractivity contribution in [1.29, 1.82) is 0 Å². The zero-order valence-corrected chi connectivity index (χ0v) is 12.7. The topological polar surface area (TPSA) is 78.8 Å². The van der Waals surface area contributed by atoms with Crippen LogP contribution in [-0.2, 0) is 4.79 Å². The average molecular weight is 310 g/mol. The number of aliphatic hydroxyl groups excluding tert-OH is 1. The van der Waals surface area contributed by atoms with Crippen molar-refractivity contribution in [1.82, 2.24) is 5.43 Å². The Hall–Kier alpha value is -2.69. The van der Waals surface area contributed by atoms with E-state index < -0.39 is 0 Å². The monoisotopic (exact) mass is 310 g/mol. The lowest BCUT2D eigenvalue weighted by Gasteiger charge is -2.11. The van der Waals surface area contributed by atoms with Crippen LogP contribution in [0.1, 0.15) is 48.0 Å². The Kier molecular flexibility index (Phi) is 4.37. The highest BCUT2D eigenvalue weighted by Gasteiger charge is 2.28. The third kappa shape index (κ3) is 3.23. The zero-order chi connectivity index (χ0) is 16.2. The molecule has 5 heteroatoms. The number of nitrogens with one attached hydrogen (secondary N) is 1. The van der Waals surface area contributed by atoms with E-state index in [9.17, 15) is 14.7 Å². The van der Waals surface area contributed by atoms with Crippen molar-refractivity contribution in [3.8, 4) is 0 Å². The molecule has 0 saturated carbocycles. The van der Waals surface area contributed by atoms with Crippen LogP contribution in [0.4, 0.5) is 0 Å². The molecule has 1 amide bonds. The molecule has 0 spiro atoms. The molecule has 0 radical (unpaired) electrons. The third-order valence-electron chi connectivity index (χ3n) is 4.08. The van der Waals surface area contributed by atoms with Gasteiger partial charge in [0.1, 0.15) is 5.76 Å². The summed E-state index contributed by atoms with van der Waals surface area (Å²) < 4.78 is 0. The lowest BCUT2D eigenvalue weighted by molar-refractivity contribution is -0.120. The van der Waals surface area contributed by atoms with Crippen LogP contribution in [0.5, 0.6) is 0 Å². The van der Waals surface area contributed by atoms with Gasteiger partial charge in [-0.3, -0.25) is 9.59 Å². The summed E-state index contributed by atoms with van der Waals surface area (Å²) in [5.74, 6) is -0.595. The number of aliphatic hydroxyl groups is 1. The van der Waals surface area contributed by atoms with E-state index in [1.807, 2.05) is 0 Å². The maximum atomic E-state index is 12.2. The summed E-state index contributed by atoms with van der Waals surface area (Å²) in [6.45, 7) is 0. The standard InChI is InChI=1S/C18H18N2O3/c21-16(10-12-6-2-1-3-7-12)20-19-11-15-17(22)13-8-4-5-9-14(13)18(15)23/h4-6,8-9,11,22H,1-3,7,10H2,(H,20,21)/b19-11+. The average Bonchev–Trinajstić information content (AvgIpc) is 2.81. The summed E-state index contributed by atoms with van der Waals surface area (Å²) in [7, 11) is 0. The molecule has 2 aliphatic carbocycles. The summed E-state index contributed by atoms with van der Waals surface area (Å²) in [6.07, 6.45) is 7.94. The molecule has 1 aromatic rings. The molecule has 0 aromatic heterocycles. The van der Waals surface area contributed by atoms with Crippen LogP contribution in [0, 0.1) is 0 Å². The number of hydrogen-bond donors (Lipinski definition) is 2. The van der Waals surface area contributed by atoms with Gasteiger partial charge in [-0.1, -0.05) is 35.9 Å². The summed E-state index contributed by atoms with van der Waals surface area (Å²) in [6, 6.07) is 6.83. The Morgan fingerprint density at radius 1 is 1.26 bits per heavy atom. The molecule has 3 rings (SSSR count). The number of hydrazone groups is 1. The van der Waals surface area contributed by atoms with E-state index in [-0.39, 0.29) is 23.0 Å². The maximum Gasteiger partial charge on any atom is 0.244 e. The van der Waals surface area contributed by atoms with Crippen LogP contribution in [0.15, 0.2) is 46.6 Å². The third-order valence-corrected chi connectivity index (χ3v) is 4.08. The quantitative estimate of drug-likeness (QED) is 0.509.